The molecule has 4 aromatic heterocycles. The third-order valence-corrected chi connectivity index (χ3v) is 18.1. The van der Waals surface area contributed by atoms with Gasteiger partial charge in [-0.25, -0.2) is 9.97 Å². The summed E-state index contributed by atoms with van der Waals surface area (Å²) >= 11 is 0. The van der Waals surface area contributed by atoms with Gasteiger partial charge in [0, 0.05) is 63.2 Å². The highest BCUT2D eigenvalue weighted by Crippen LogP contribution is 2.54. The van der Waals surface area contributed by atoms with Crippen molar-refractivity contribution in [3.63, 3.8) is 0 Å². The number of rotatable bonds is 10. The number of pyridine rings is 4. The SMILES string of the molecule is CC1(C)c2cc(/C=C/c3ccc4c(c3)C(C)(C)c3cc(N(c5cccnc5)c5nccc6ccccc56)ccc3-4)ccc2-c2ccc(/C=C/c3ccc4c(c3)C(C)(C)c3cc(N(c5cccnc5)c5nccc6ccccc56)ccc3-4)cc21. The van der Waals surface area contributed by atoms with E-state index in [2.05, 4.69) is 268 Å². The first kappa shape index (κ1) is 50.0. The van der Waals surface area contributed by atoms with Crippen LogP contribution in [-0.2, 0) is 16.2 Å². The van der Waals surface area contributed by atoms with Crippen molar-refractivity contribution >= 4 is 80.2 Å². The van der Waals surface area contributed by atoms with Crippen molar-refractivity contribution < 1.29 is 0 Å². The predicted octanol–water partition coefficient (Wildman–Crippen LogP) is 19.8. The van der Waals surface area contributed by atoms with Gasteiger partial charge < -0.3 is 0 Å². The van der Waals surface area contributed by atoms with Crippen molar-refractivity contribution in [3.05, 3.63) is 287 Å². The summed E-state index contributed by atoms with van der Waals surface area (Å²) in [6.07, 6.45) is 20.4. The molecule has 0 amide bonds. The monoisotopic (exact) mass is 1070 g/mol. The summed E-state index contributed by atoms with van der Waals surface area (Å²) in [5, 5.41) is 4.48. The summed E-state index contributed by atoms with van der Waals surface area (Å²) < 4.78 is 0. The molecule has 8 aromatic carbocycles. The molecule has 15 rings (SSSR count). The molecule has 0 radical (unpaired) electrons. The van der Waals surface area contributed by atoms with Crippen molar-refractivity contribution in [2.75, 3.05) is 9.80 Å². The van der Waals surface area contributed by atoms with E-state index in [0.29, 0.717) is 0 Å². The first-order chi connectivity index (χ1) is 40.4. The van der Waals surface area contributed by atoms with E-state index in [-0.39, 0.29) is 16.2 Å². The maximum atomic E-state index is 4.96. The Kier molecular flexibility index (Phi) is 11.5. The zero-order chi connectivity index (χ0) is 56.2. The quantitative estimate of drug-likeness (QED) is 0.127. The first-order valence-electron chi connectivity index (χ1n) is 28.7. The number of hydrogen-bond donors (Lipinski definition) is 0. The molecule has 0 saturated heterocycles. The van der Waals surface area contributed by atoms with Gasteiger partial charge >= 0.3 is 0 Å². The summed E-state index contributed by atoms with van der Waals surface area (Å²) in [7, 11) is 0. The van der Waals surface area contributed by atoms with Crippen LogP contribution in [0.2, 0.25) is 0 Å². The Labute approximate surface area is 485 Å². The zero-order valence-corrected chi connectivity index (χ0v) is 47.4. The van der Waals surface area contributed by atoms with Gasteiger partial charge in [-0.1, -0.05) is 199 Å². The van der Waals surface area contributed by atoms with E-state index in [4.69, 9.17) is 9.97 Å². The fraction of sp³-hybridized carbons (Fsp3) is 0.117. The Bertz CT molecular complexity index is 4360. The second kappa shape index (κ2) is 19.0. The van der Waals surface area contributed by atoms with Crippen LogP contribution < -0.4 is 9.80 Å². The molecular weight excluding hydrogens is 1010 g/mol. The molecule has 0 unspecified atom stereocenters. The average Bonchev–Trinajstić information content (AvgIpc) is 4.07. The highest BCUT2D eigenvalue weighted by Gasteiger charge is 2.39. The number of aromatic nitrogens is 4. The molecule has 3 aliphatic carbocycles. The molecular formula is C77H60N6. The van der Waals surface area contributed by atoms with Crippen molar-refractivity contribution in [2.24, 2.45) is 0 Å². The minimum atomic E-state index is -0.229. The predicted molar refractivity (Wildman–Crippen MR) is 345 cm³/mol. The molecule has 4 heterocycles. The van der Waals surface area contributed by atoms with Gasteiger partial charge in [-0.2, -0.15) is 0 Å². The lowest BCUT2D eigenvalue weighted by atomic mass is 9.81. The molecule has 6 heteroatoms. The van der Waals surface area contributed by atoms with E-state index in [1.807, 2.05) is 49.3 Å². The van der Waals surface area contributed by atoms with E-state index in [1.54, 1.807) is 0 Å². The molecule has 0 aliphatic heterocycles. The van der Waals surface area contributed by atoms with Gasteiger partial charge in [0.15, 0.2) is 0 Å². The molecule has 6 nitrogen and oxygen atoms in total. The first-order valence-corrected chi connectivity index (χ1v) is 28.7. The van der Waals surface area contributed by atoms with E-state index in [0.717, 1.165) is 55.9 Å². The number of hydrogen-bond acceptors (Lipinski definition) is 6. The maximum Gasteiger partial charge on any atom is 0.145 e. The van der Waals surface area contributed by atoms with Crippen LogP contribution in [-0.4, -0.2) is 19.9 Å². The van der Waals surface area contributed by atoms with Crippen molar-refractivity contribution in [3.8, 4) is 33.4 Å². The molecule has 0 fully saturated rings. The highest BCUT2D eigenvalue weighted by molar-refractivity contribution is 5.99. The Morgan fingerprint density at radius 1 is 0.301 bits per heavy atom. The maximum absolute atomic E-state index is 4.96. The topological polar surface area (TPSA) is 58.0 Å². The van der Waals surface area contributed by atoms with Crippen LogP contribution in [0.25, 0.3) is 79.2 Å². The molecule has 12 aromatic rings. The lowest BCUT2D eigenvalue weighted by molar-refractivity contribution is 0.660. The summed E-state index contributed by atoms with van der Waals surface area (Å²) in [6.45, 7) is 14.2. The minimum Gasteiger partial charge on any atom is -0.293 e. The van der Waals surface area contributed by atoms with Crippen molar-refractivity contribution in [2.45, 2.75) is 57.8 Å². The highest BCUT2D eigenvalue weighted by atomic mass is 15.2. The standard InChI is InChI=1S/C77H60N6/c1-75(2)67-41-49(19-21-51-25-31-63-65-33-27-55(45-71(65)76(3,4)69(63)43-51)82(57-15-11-37-78-47-57)73-59-17-9-7-13-53(59)35-39-80-73)23-29-61(67)62-30-24-50(42-68(62)75)20-22-52-26-32-64-66-34-28-56(46-72(66)77(5,6)70(64)44-52)83(58-16-12-38-79-48-58)74-60-18-10-8-14-54(60)36-40-81-74/h7-48H,1-6H3/b21-19+,22-20+. The Morgan fingerprint density at radius 2 is 0.627 bits per heavy atom. The minimum absolute atomic E-state index is 0.171. The van der Waals surface area contributed by atoms with E-state index >= 15 is 0 Å². The number of benzene rings is 8. The molecule has 0 N–H and O–H groups in total. The van der Waals surface area contributed by atoms with Crippen LogP contribution in [0.3, 0.4) is 0 Å². The number of anilines is 6. The Morgan fingerprint density at radius 3 is 0.964 bits per heavy atom. The van der Waals surface area contributed by atoms with Gasteiger partial charge in [-0.05, 0) is 160 Å². The number of nitrogens with zero attached hydrogens (tertiary/aromatic N) is 6. The van der Waals surface area contributed by atoms with Crippen LogP contribution in [0.4, 0.5) is 34.4 Å². The average molecular weight is 1070 g/mol. The van der Waals surface area contributed by atoms with Crippen LogP contribution >= 0.6 is 0 Å². The Hall–Kier alpha value is -10.0. The fourth-order valence-corrected chi connectivity index (χ4v) is 13.7. The fourth-order valence-electron chi connectivity index (χ4n) is 13.7. The van der Waals surface area contributed by atoms with Crippen molar-refractivity contribution in [1.82, 2.24) is 19.9 Å². The molecule has 0 saturated carbocycles. The molecule has 0 atom stereocenters. The van der Waals surface area contributed by atoms with Gasteiger partial charge in [0.25, 0.3) is 0 Å². The normalized spacial score (nSPS) is 14.6. The second-order valence-electron chi connectivity index (χ2n) is 24.0. The summed E-state index contributed by atoms with van der Waals surface area (Å²) in [4.78, 5) is 23.5. The smallest absolute Gasteiger partial charge is 0.145 e. The zero-order valence-electron chi connectivity index (χ0n) is 47.4. The van der Waals surface area contributed by atoms with Gasteiger partial charge in [-0.15, -0.1) is 0 Å². The van der Waals surface area contributed by atoms with Crippen LogP contribution in [0.1, 0.15) is 97.2 Å². The third-order valence-electron chi connectivity index (χ3n) is 18.1. The van der Waals surface area contributed by atoms with Crippen LogP contribution in [0.15, 0.2) is 231 Å². The van der Waals surface area contributed by atoms with E-state index in [9.17, 15) is 0 Å². The lowest BCUT2D eigenvalue weighted by Crippen LogP contribution is -2.17. The van der Waals surface area contributed by atoms with E-state index in [1.165, 1.54) is 89.0 Å². The molecule has 0 spiro atoms. The lowest BCUT2D eigenvalue weighted by Gasteiger charge is -2.27. The molecule has 398 valence electrons. The molecule has 83 heavy (non-hydrogen) atoms. The summed E-state index contributed by atoms with van der Waals surface area (Å²) in [6, 6.07) is 70.9. The van der Waals surface area contributed by atoms with Gasteiger partial charge in [0.1, 0.15) is 11.6 Å². The van der Waals surface area contributed by atoms with Crippen LogP contribution in [0, 0.1) is 0 Å². The summed E-state index contributed by atoms with van der Waals surface area (Å²) in [5.41, 5.74) is 23.9. The molecule has 3 aliphatic rings. The van der Waals surface area contributed by atoms with Gasteiger partial charge in [0.05, 0.1) is 23.8 Å². The largest absolute Gasteiger partial charge is 0.293 e. The van der Waals surface area contributed by atoms with Crippen LogP contribution in [0.5, 0.6) is 0 Å². The summed E-state index contributed by atoms with van der Waals surface area (Å²) in [5.74, 6) is 1.77. The van der Waals surface area contributed by atoms with Crippen molar-refractivity contribution in [1.29, 1.82) is 0 Å². The van der Waals surface area contributed by atoms with E-state index < -0.39 is 0 Å². The third kappa shape index (κ3) is 8.14. The molecule has 0 bridgehead atoms. The second-order valence-corrected chi connectivity index (χ2v) is 24.0. The van der Waals surface area contributed by atoms with Gasteiger partial charge in [0.2, 0.25) is 0 Å². The number of fused-ring (bicyclic) bond motifs is 11. The Balaban J connectivity index is 0.671. The van der Waals surface area contributed by atoms with Gasteiger partial charge in [-0.3, -0.25) is 19.8 Å².